The van der Waals surface area contributed by atoms with Crippen LogP contribution in [0.1, 0.15) is 24.3 Å². The van der Waals surface area contributed by atoms with Gasteiger partial charge in [0.25, 0.3) is 0 Å². The Bertz CT molecular complexity index is 428. The number of amides is 1. The van der Waals surface area contributed by atoms with E-state index in [1.54, 1.807) is 11.3 Å². The maximum absolute atomic E-state index is 11.4. The predicted molar refractivity (Wildman–Crippen MR) is 80.6 cm³/mol. The van der Waals surface area contributed by atoms with Crippen molar-refractivity contribution in [2.75, 3.05) is 19.6 Å². The summed E-state index contributed by atoms with van der Waals surface area (Å²) < 4.78 is 0. The minimum Gasteiger partial charge on any atom is -0.357 e. The van der Waals surface area contributed by atoms with E-state index < -0.39 is 0 Å². The number of carbonyl (C=O) groups excluding carboxylic acids is 1. The third-order valence-corrected chi connectivity index (χ3v) is 3.51. The molecule has 1 aromatic heterocycles. The average molecular weight is 282 g/mol. The van der Waals surface area contributed by atoms with E-state index in [0.29, 0.717) is 12.5 Å². The number of hydrogen-bond acceptors (Lipinski definition) is 3. The topological polar surface area (TPSA) is 65.5 Å². The van der Waals surface area contributed by atoms with Gasteiger partial charge in [0.1, 0.15) is 6.54 Å². The molecule has 0 saturated heterocycles. The van der Waals surface area contributed by atoms with E-state index >= 15 is 0 Å². The van der Waals surface area contributed by atoms with Crippen LogP contribution in [0.5, 0.6) is 0 Å². The van der Waals surface area contributed by atoms with Crippen LogP contribution in [0.25, 0.3) is 0 Å². The number of aryl methyl sites for hydroxylation is 1. The summed E-state index contributed by atoms with van der Waals surface area (Å²) in [6, 6.07) is 2.10. The van der Waals surface area contributed by atoms with Crippen molar-refractivity contribution in [1.82, 2.24) is 16.0 Å². The fourth-order valence-corrected chi connectivity index (χ4v) is 2.34. The van der Waals surface area contributed by atoms with Gasteiger partial charge in [0.05, 0.1) is 6.54 Å². The molecule has 1 heterocycles. The van der Waals surface area contributed by atoms with Crippen LogP contribution in [0.3, 0.4) is 0 Å². The number of hydrogen-bond donors (Lipinski definition) is 3. The molecule has 0 aliphatic heterocycles. The Kier molecular flexibility index (Phi) is 6.95. The van der Waals surface area contributed by atoms with Crippen LogP contribution < -0.4 is 16.0 Å². The number of thiophene rings is 1. The Morgan fingerprint density at radius 1 is 1.26 bits per heavy atom. The van der Waals surface area contributed by atoms with E-state index in [1.807, 2.05) is 13.8 Å². The molecule has 19 heavy (non-hydrogen) atoms. The van der Waals surface area contributed by atoms with Crippen molar-refractivity contribution in [3.05, 3.63) is 21.9 Å². The lowest BCUT2D eigenvalue weighted by Crippen LogP contribution is -2.38. The minimum atomic E-state index is -0.0630. The maximum Gasteiger partial charge on any atom is 0.241 e. The fourth-order valence-electron chi connectivity index (χ4n) is 1.49. The second-order valence-corrected chi connectivity index (χ2v) is 5.03. The molecule has 0 atom stereocenters. The second-order valence-electron chi connectivity index (χ2n) is 4.03. The van der Waals surface area contributed by atoms with Crippen LogP contribution in [-0.2, 0) is 11.3 Å². The molecule has 6 heteroatoms. The molecule has 0 bridgehead atoms. The van der Waals surface area contributed by atoms with Crippen molar-refractivity contribution in [2.45, 2.75) is 27.3 Å². The average Bonchev–Trinajstić information content (AvgIpc) is 2.79. The molecule has 0 fully saturated rings. The number of nitrogens with zero attached hydrogens (tertiary/aromatic N) is 1. The molecule has 1 aromatic rings. The summed E-state index contributed by atoms with van der Waals surface area (Å²) >= 11 is 1.72. The van der Waals surface area contributed by atoms with E-state index in [9.17, 15) is 4.79 Å². The summed E-state index contributed by atoms with van der Waals surface area (Å²) in [5, 5.41) is 11.2. The lowest BCUT2D eigenvalue weighted by molar-refractivity contribution is -0.119. The molecule has 1 amide bonds. The molecular formula is C13H22N4OS. The van der Waals surface area contributed by atoms with E-state index in [1.165, 1.54) is 10.4 Å². The molecule has 0 aromatic carbocycles. The Morgan fingerprint density at radius 2 is 2.00 bits per heavy atom. The van der Waals surface area contributed by atoms with Crippen LogP contribution in [0.15, 0.2) is 16.4 Å². The number of carbonyl (C=O) groups is 1. The van der Waals surface area contributed by atoms with E-state index in [4.69, 9.17) is 0 Å². The van der Waals surface area contributed by atoms with Gasteiger partial charge in [-0.3, -0.25) is 4.79 Å². The van der Waals surface area contributed by atoms with Gasteiger partial charge in [-0.05, 0) is 37.8 Å². The highest BCUT2D eigenvalue weighted by atomic mass is 32.1. The number of likely N-dealkylation sites (N-methyl/N-ethyl adjacent to an activating group) is 1. The monoisotopic (exact) mass is 282 g/mol. The summed E-state index contributed by atoms with van der Waals surface area (Å²) in [7, 11) is 0. The van der Waals surface area contributed by atoms with Crippen LogP contribution in [-0.4, -0.2) is 31.5 Å². The normalized spacial score (nSPS) is 11.2. The van der Waals surface area contributed by atoms with E-state index in [2.05, 4.69) is 39.3 Å². The van der Waals surface area contributed by atoms with Crippen molar-refractivity contribution in [1.29, 1.82) is 0 Å². The molecule has 0 spiro atoms. The quantitative estimate of drug-likeness (QED) is 0.543. The fraction of sp³-hybridized carbons (Fsp3) is 0.538. The van der Waals surface area contributed by atoms with Gasteiger partial charge in [-0.25, -0.2) is 4.99 Å². The second kappa shape index (κ2) is 8.53. The molecule has 0 radical (unpaired) electrons. The lowest BCUT2D eigenvalue weighted by atomic mass is 10.3. The largest absolute Gasteiger partial charge is 0.357 e. The molecule has 0 aliphatic carbocycles. The van der Waals surface area contributed by atoms with Gasteiger partial charge in [0, 0.05) is 18.0 Å². The highest BCUT2D eigenvalue weighted by molar-refractivity contribution is 7.10. The highest BCUT2D eigenvalue weighted by Crippen LogP contribution is 2.14. The zero-order valence-corrected chi connectivity index (χ0v) is 12.6. The Labute approximate surface area is 118 Å². The molecule has 0 unspecified atom stereocenters. The summed E-state index contributed by atoms with van der Waals surface area (Å²) in [5.41, 5.74) is 1.28. The van der Waals surface area contributed by atoms with Gasteiger partial charge >= 0.3 is 0 Å². The van der Waals surface area contributed by atoms with Gasteiger partial charge in [-0.2, -0.15) is 0 Å². The van der Waals surface area contributed by atoms with Crippen LogP contribution in [0.2, 0.25) is 0 Å². The van der Waals surface area contributed by atoms with Crippen molar-refractivity contribution in [3.63, 3.8) is 0 Å². The van der Waals surface area contributed by atoms with E-state index in [0.717, 1.165) is 13.1 Å². The Hall–Kier alpha value is -1.56. The van der Waals surface area contributed by atoms with Crippen LogP contribution >= 0.6 is 11.3 Å². The lowest BCUT2D eigenvalue weighted by Gasteiger charge is -2.10. The molecule has 0 aliphatic rings. The van der Waals surface area contributed by atoms with E-state index in [-0.39, 0.29) is 12.5 Å². The third-order valence-electron chi connectivity index (χ3n) is 2.48. The molecule has 5 nitrogen and oxygen atoms in total. The molecule has 3 N–H and O–H groups in total. The SMILES string of the molecule is CCNC(=O)CN=C(NCC)NCc1sccc1C. The first-order chi connectivity index (χ1) is 9.17. The third kappa shape index (κ3) is 5.74. The van der Waals surface area contributed by atoms with Gasteiger partial charge < -0.3 is 16.0 Å². The summed E-state index contributed by atoms with van der Waals surface area (Å²) in [6.07, 6.45) is 0. The molecule has 0 saturated carbocycles. The first-order valence-electron chi connectivity index (χ1n) is 6.49. The summed E-state index contributed by atoms with van der Waals surface area (Å²) in [4.78, 5) is 16.9. The Morgan fingerprint density at radius 3 is 2.58 bits per heavy atom. The van der Waals surface area contributed by atoms with Crippen molar-refractivity contribution in [3.8, 4) is 0 Å². The van der Waals surface area contributed by atoms with Crippen molar-refractivity contribution < 1.29 is 4.79 Å². The van der Waals surface area contributed by atoms with Crippen molar-refractivity contribution in [2.24, 2.45) is 4.99 Å². The number of rotatable bonds is 6. The number of aliphatic imine (C=N–C) groups is 1. The van der Waals surface area contributed by atoms with Crippen molar-refractivity contribution >= 4 is 23.2 Å². The number of nitrogens with one attached hydrogen (secondary N) is 3. The standard InChI is InChI=1S/C13H22N4OS/c1-4-14-12(18)9-17-13(15-5-2)16-8-11-10(3)6-7-19-11/h6-7H,4-5,8-9H2,1-3H3,(H,14,18)(H2,15,16,17). The van der Waals surface area contributed by atoms with Crippen LogP contribution in [0, 0.1) is 6.92 Å². The first-order valence-corrected chi connectivity index (χ1v) is 7.37. The number of guanidine groups is 1. The van der Waals surface area contributed by atoms with Gasteiger partial charge in [0.2, 0.25) is 5.91 Å². The smallest absolute Gasteiger partial charge is 0.241 e. The van der Waals surface area contributed by atoms with Gasteiger partial charge in [-0.1, -0.05) is 0 Å². The predicted octanol–water partition coefficient (Wildman–Crippen LogP) is 1.25. The minimum absolute atomic E-state index is 0.0630. The zero-order valence-electron chi connectivity index (χ0n) is 11.7. The maximum atomic E-state index is 11.4. The summed E-state index contributed by atoms with van der Waals surface area (Å²) in [6.45, 7) is 8.26. The van der Waals surface area contributed by atoms with Gasteiger partial charge in [0.15, 0.2) is 5.96 Å². The molecule has 106 valence electrons. The Balaban J connectivity index is 2.50. The summed E-state index contributed by atoms with van der Waals surface area (Å²) in [5.74, 6) is 0.605. The molecular weight excluding hydrogens is 260 g/mol. The first kappa shape index (κ1) is 15.5. The van der Waals surface area contributed by atoms with Gasteiger partial charge in [-0.15, -0.1) is 11.3 Å². The highest BCUT2D eigenvalue weighted by Gasteiger charge is 2.03. The molecule has 1 rings (SSSR count). The van der Waals surface area contributed by atoms with Crippen LogP contribution in [0.4, 0.5) is 0 Å². The zero-order chi connectivity index (χ0) is 14.1.